The minimum Gasteiger partial charge on any atom is -0.497 e. The number of carbonyl (C=O) groups is 2. The average Bonchev–Trinajstić information content (AvgIpc) is 3.55. The number of ether oxygens (including phenoxy) is 2. The minimum atomic E-state index is -0.633. The Balaban J connectivity index is 1.50. The molecule has 0 heterocycles. The van der Waals surface area contributed by atoms with Crippen LogP contribution in [0.15, 0.2) is 54.6 Å². The zero-order chi connectivity index (χ0) is 19.9. The zero-order valence-electron chi connectivity index (χ0n) is 15.6. The molecule has 1 N–H and O–H groups in total. The molecule has 6 heteroatoms. The number of hydrogen-bond acceptors (Lipinski definition) is 4. The zero-order valence-corrected chi connectivity index (χ0v) is 15.6. The van der Waals surface area contributed by atoms with Gasteiger partial charge in [0.1, 0.15) is 11.6 Å². The molecule has 1 amide bonds. The molecule has 5 nitrogen and oxygen atoms in total. The maximum atomic E-state index is 12.9. The molecule has 0 radical (unpaired) electrons. The number of benzene rings is 2. The van der Waals surface area contributed by atoms with E-state index in [1.54, 1.807) is 19.2 Å². The number of esters is 1. The van der Waals surface area contributed by atoms with Gasteiger partial charge in [0.25, 0.3) is 5.91 Å². The molecule has 2 aromatic rings. The van der Waals surface area contributed by atoms with Gasteiger partial charge < -0.3 is 14.8 Å². The average molecular weight is 383 g/mol. The van der Waals surface area contributed by atoms with Gasteiger partial charge >= 0.3 is 5.97 Å². The Bertz CT molecular complexity index is 842. The van der Waals surface area contributed by atoms with Crippen molar-refractivity contribution in [1.82, 2.24) is 5.32 Å². The van der Waals surface area contributed by atoms with Crippen LogP contribution in [0.1, 0.15) is 30.0 Å². The second-order valence-corrected chi connectivity index (χ2v) is 6.65. The lowest BCUT2D eigenvalue weighted by Gasteiger charge is -2.19. The molecule has 28 heavy (non-hydrogen) atoms. The number of methoxy groups -OCH3 is 1. The van der Waals surface area contributed by atoms with Gasteiger partial charge in [-0.1, -0.05) is 24.3 Å². The summed E-state index contributed by atoms with van der Waals surface area (Å²) in [4.78, 5) is 24.0. The summed E-state index contributed by atoms with van der Waals surface area (Å²) >= 11 is 0. The van der Waals surface area contributed by atoms with E-state index in [4.69, 9.17) is 9.47 Å². The van der Waals surface area contributed by atoms with E-state index in [0.717, 1.165) is 24.2 Å². The largest absolute Gasteiger partial charge is 0.497 e. The normalized spacial score (nSPS) is 14.5. The lowest BCUT2D eigenvalue weighted by molar-refractivity contribution is -0.144. The molecule has 0 spiro atoms. The molecule has 1 saturated carbocycles. The standard InChI is InChI=1S/C22H22FNO4/c1-27-19-11-7-17(8-12-19)22(16-5-6-16)24-20(25)14-28-21(26)13-4-15-2-9-18(23)10-3-15/h2-4,7-13,16,22H,5-6,14H2,1H3,(H,24,25)/b13-4+. The van der Waals surface area contributed by atoms with Crippen molar-refractivity contribution in [3.8, 4) is 5.75 Å². The molecule has 0 bridgehead atoms. The fourth-order valence-electron chi connectivity index (χ4n) is 2.85. The highest BCUT2D eigenvalue weighted by molar-refractivity contribution is 5.89. The van der Waals surface area contributed by atoms with Crippen molar-refractivity contribution in [2.75, 3.05) is 13.7 Å². The van der Waals surface area contributed by atoms with Gasteiger partial charge in [0.2, 0.25) is 0 Å². The van der Waals surface area contributed by atoms with Crippen LogP contribution in [0.4, 0.5) is 4.39 Å². The molecule has 1 aliphatic rings. The fourth-order valence-corrected chi connectivity index (χ4v) is 2.85. The van der Waals surface area contributed by atoms with Crippen LogP contribution in [0, 0.1) is 11.7 Å². The molecule has 0 aromatic heterocycles. The van der Waals surface area contributed by atoms with E-state index in [9.17, 15) is 14.0 Å². The van der Waals surface area contributed by atoms with Gasteiger partial charge in [-0.25, -0.2) is 9.18 Å². The SMILES string of the molecule is COc1ccc(C(NC(=O)COC(=O)/C=C/c2ccc(F)cc2)C2CC2)cc1. The molecule has 146 valence electrons. The first kappa shape index (κ1) is 19.6. The number of carbonyl (C=O) groups excluding carboxylic acids is 2. The van der Waals surface area contributed by atoms with Crippen molar-refractivity contribution in [2.45, 2.75) is 18.9 Å². The van der Waals surface area contributed by atoms with Gasteiger partial charge in [-0.3, -0.25) is 4.79 Å². The third-order valence-corrected chi connectivity index (χ3v) is 4.51. The monoisotopic (exact) mass is 383 g/mol. The topological polar surface area (TPSA) is 64.6 Å². The number of nitrogens with one attached hydrogen (secondary N) is 1. The molecule has 3 rings (SSSR count). The highest BCUT2D eigenvalue weighted by atomic mass is 19.1. The van der Waals surface area contributed by atoms with E-state index in [-0.39, 0.29) is 24.4 Å². The maximum Gasteiger partial charge on any atom is 0.331 e. The van der Waals surface area contributed by atoms with Crippen molar-refractivity contribution < 1.29 is 23.5 Å². The lowest BCUT2D eigenvalue weighted by Crippen LogP contribution is -2.33. The Kier molecular flexibility index (Phi) is 6.42. The van der Waals surface area contributed by atoms with Crippen molar-refractivity contribution >= 4 is 18.0 Å². The summed E-state index contributed by atoms with van der Waals surface area (Å²) in [6.45, 7) is -0.355. The van der Waals surface area contributed by atoms with Crippen molar-refractivity contribution in [3.05, 3.63) is 71.6 Å². The first-order valence-electron chi connectivity index (χ1n) is 9.09. The Morgan fingerprint density at radius 3 is 2.43 bits per heavy atom. The molecule has 1 aliphatic carbocycles. The fraction of sp³-hybridized carbons (Fsp3) is 0.273. The first-order chi connectivity index (χ1) is 13.5. The summed E-state index contributed by atoms with van der Waals surface area (Å²) in [6, 6.07) is 13.2. The molecular weight excluding hydrogens is 361 g/mol. The molecule has 0 saturated heterocycles. The van der Waals surface area contributed by atoms with Gasteiger partial charge in [0, 0.05) is 6.08 Å². The quantitative estimate of drug-likeness (QED) is 0.558. The first-order valence-corrected chi connectivity index (χ1v) is 9.09. The molecule has 1 unspecified atom stereocenters. The predicted molar refractivity (Wildman–Crippen MR) is 103 cm³/mol. The summed E-state index contributed by atoms with van der Waals surface area (Å²) in [5.41, 5.74) is 1.66. The van der Waals surface area contributed by atoms with Gasteiger partial charge in [-0.15, -0.1) is 0 Å². The van der Waals surface area contributed by atoms with Gasteiger partial charge in [-0.2, -0.15) is 0 Å². The van der Waals surface area contributed by atoms with E-state index in [0.29, 0.717) is 11.5 Å². The van der Waals surface area contributed by atoms with E-state index in [2.05, 4.69) is 5.32 Å². The lowest BCUT2D eigenvalue weighted by atomic mass is 10.0. The Morgan fingerprint density at radius 2 is 1.82 bits per heavy atom. The van der Waals surface area contributed by atoms with Crippen LogP contribution in [0.25, 0.3) is 6.08 Å². The Hall–Kier alpha value is -3.15. The summed E-state index contributed by atoms with van der Waals surface area (Å²) in [5.74, 6) is -0.181. The Morgan fingerprint density at radius 1 is 1.14 bits per heavy atom. The van der Waals surface area contributed by atoms with Crippen molar-refractivity contribution in [2.24, 2.45) is 5.92 Å². The van der Waals surface area contributed by atoms with Crippen molar-refractivity contribution in [3.63, 3.8) is 0 Å². The number of rotatable bonds is 8. The maximum absolute atomic E-state index is 12.9. The smallest absolute Gasteiger partial charge is 0.331 e. The van der Waals surface area contributed by atoms with Crippen molar-refractivity contribution in [1.29, 1.82) is 0 Å². The highest BCUT2D eigenvalue weighted by Crippen LogP contribution is 2.41. The van der Waals surface area contributed by atoms with Crippen LogP contribution >= 0.6 is 0 Å². The van der Waals surface area contributed by atoms with Crippen LogP contribution < -0.4 is 10.1 Å². The molecular formula is C22H22FNO4. The minimum absolute atomic E-state index is 0.105. The van der Waals surface area contributed by atoms with Gasteiger partial charge in [0.05, 0.1) is 13.2 Å². The van der Waals surface area contributed by atoms with Crippen LogP contribution in [0.2, 0.25) is 0 Å². The molecule has 1 atom stereocenters. The number of amides is 1. The van der Waals surface area contributed by atoms with Crippen LogP contribution in [0.5, 0.6) is 5.75 Å². The molecule has 0 aliphatic heterocycles. The van der Waals surface area contributed by atoms with Crippen LogP contribution in [-0.4, -0.2) is 25.6 Å². The van der Waals surface area contributed by atoms with E-state index >= 15 is 0 Å². The van der Waals surface area contributed by atoms with E-state index in [1.807, 2.05) is 24.3 Å². The second kappa shape index (κ2) is 9.17. The van der Waals surface area contributed by atoms with Gasteiger partial charge in [-0.05, 0) is 60.2 Å². The summed E-state index contributed by atoms with van der Waals surface area (Å²) < 4.78 is 23.0. The number of halogens is 1. The van der Waals surface area contributed by atoms with E-state index in [1.165, 1.54) is 24.3 Å². The predicted octanol–water partition coefficient (Wildman–Crippen LogP) is 3.66. The third kappa shape index (κ3) is 5.67. The highest BCUT2D eigenvalue weighted by Gasteiger charge is 2.33. The second-order valence-electron chi connectivity index (χ2n) is 6.65. The third-order valence-electron chi connectivity index (χ3n) is 4.51. The Labute approximate surface area is 163 Å². The number of hydrogen-bond donors (Lipinski definition) is 1. The summed E-state index contributed by atoms with van der Waals surface area (Å²) in [5, 5.41) is 2.95. The van der Waals surface area contributed by atoms with E-state index < -0.39 is 5.97 Å². The molecule has 2 aromatic carbocycles. The van der Waals surface area contributed by atoms with Crippen LogP contribution in [0.3, 0.4) is 0 Å². The summed E-state index contributed by atoms with van der Waals surface area (Å²) in [7, 11) is 1.61. The molecule has 1 fully saturated rings. The van der Waals surface area contributed by atoms with Gasteiger partial charge in [0.15, 0.2) is 6.61 Å². The summed E-state index contributed by atoms with van der Waals surface area (Å²) in [6.07, 6.45) is 4.82. The van der Waals surface area contributed by atoms with Crippen LogP contribution in [-0.2, 0) is 14.3 Å².